The summed E-state index contributed by atoms with van der Waals surface area (Å²) in [6.07, 6.45) is 2.04. The molecule has 2 N–H and O–H groups in total. The lowest BCUT2D eigenvalue weighted by Gasteiger charge is -2.16. The van der Waals surface area contributed by atoms with Gasteiger partial charge in [-0.15, -0.1) is 0 Å². The molecule has 1 aromatic rings. The van der Waals surface area contributed by atoms with Crippen molar-refractivity contribution in [3.05, 3.63) is 24.0 Å². The van der Waals surface area contributed by atoms with Gasteiger partial charge in [0.05, 0.1) is 0 Å². The zero-order valence-corrected chi connectivity index (χ0v) is 9.89. The maximum atomic E-state index is 12.2. The maximum absolute atomic E-state index is 12.2. The SMILES string of the molecule is N#Cc1ncccc1S(=O)(=O)N1CCC(N)C1. The van der Waals surface area contributed by atoms with Gasteiger partial charge in [-0.25, -0.2) is 13.4 Å². The smallest absolute Gasteiger partial charge is 0.246 e. The average Bonchev–Trinajstić information content (AvgIpc) is 2.76. The number of hydrogen-bond donors (Lipinski definition) is 1. The summed E-state index contributed by atoms with van der Waals surface area (Å²) in [5.74, 6) is 0. The first kappa shape index (κ1) is 12.0. The zero-order chi connectivity index (χ0) is 12.5. The number of hydrogen-bond acceptors (Lipinski definition) is 5. The molecule has 0 bridgehead atoms. The van der Waals surface area contributed by atoms with Crippen molar-refractivity contribution in [2.45, 2.75) is 17.4 Å². The van der Waals surface area contributed by atoms with Crippen LogP contribution < -0.4 is 5.73 Å². The van der Waals surface area contributed by atoms with Crippen molar-refractivity contribution in [2.75, 3.05) is 13.1 Å². The largest absolute Gasteiger partial charge is 0.326 e. The molecule has 0 saturated carbocycles. The summed E-state index contributed by atoms with van der Waals surface area (Å²) < 4.78 is 25.8. The van der Waals surface area contributed by atoms with Gasteiger partial charge in [0, 0.05) is 25.3 Å². The van der Waals surface area contributed by atoms with Crippen molar-refractivity contribution in [3.8, 4) is 6.07 Å². The third-order valence-electron chi connectivity index (χ3n) is 2.68. The van der Waals surface area contributed by atoms with Gasteiger partial charge in [-0.2, -0.15) is 9.57 Å². The van der Waals surface area contributed by atoms with Crippen LogP contribution >= 0.6 is 0 Å². The van der Waals surface area contributed by atoms with Gasteiger partial charge in [0.1, 0.15) is 11.0 Å². The fourth-order valence-electron chi connectivity index (χ4n) is 1.79. The van der Waals surface area contributed by atoms with Crippen LogP contribution in [0.15, 0.2) is 23.2 Å². The van der Waals surface area contributed by atoms with Gasteiger partial charge in [-0.05, 0) is 18.6 Å². The van der Waals surface area contributed by atoms with E-state index >= 15 is 0 Å². The summed E-state index contributed by atoms with van der Waals surface area (Å²) in [4.78, 5) is 3.71. The van der Waals surface area contributed by atoms with Crippen molar-refractivity contribution in [1.82, 2.24) is 9.29 Å². The number of nitriles is 1. The highest BCUT2D eigenvalue weighted by atomic mass is 32.2. The Labute approximate surface area is 99.7 Å². The van der Waals surface area contributed by atoms with E-state index in [-0.39, 0.29) is 16.6 Å². The Hall–Kier alpha value is -1.49. The Morgan fingerprint density at radius 2 is 2.35 bits per heavy atom. The lowest BCUT2D eigenvalue weighted by Crippen LogP contribution is -2.32. The van der Waals surface area contributed by atoms with Gasteiger partial charge >= 0.3 is 0 Å². The Balaban J connectivity index is 2.42. The summed E-state index contributed by atoms with van der Waals surface area (Å²) in [6, 6.07) is 4.55. The van der Waals surface area contributed by atoms with Crippen LogP contribution in [0.3, 0.4) is 0 Å². The third-order valence-corrected chi connectivity index (χ3v) is 4.58. The predicted molar refractivity (Wildman–Crippen MR) is 60.3 cm³/mol. The van der Waals surface area contributed by atoms with Gasteiger partial charge in [-0.1, -0.05) is 0 Å². The maximum Gasteiger partial charge on any atom is 0.246 e. The quantitative estimate of drug-likeness (QED) is 0.777. The summed E-state index contributed by atoms with van der Waals surface area (Å²) in [6.45, 7) is 0.686. The van der Waals surface area contributed by atoms with E-state index in [2.05, 4.69) is 4.98 Å². The van der Waals surface area contributed by atoms with Crippen LogP contribution in [0.2, 0.25) is 0 Å². The van der Waals surface area contributed by atoms with Crippen molar-refractivity contribution in [1.29, 1.82) is 5.26 Å². The van der Waals surface area contributed by atoms with Gasteiger partial charge in [0.25, 0.3) is 0 Å². The van der Waals surface area contributed by atoms with Crippen LogP contribution in [0.25, 0.3) is 0 Å². The predicted octanol–water partition coefficient (Wildman–Crippen LogP) is -0.325. The van der Waals surface area contributed by atoms with Crippen LogP contribution in [0.1, 0.15) is 12.1 Å². The number of rotatable bonds is 2. The molecule has 2 heterocycles. The molecule has 7 heteroatoms. The molecular weight excluding hydrogens is 240 g/mol. The average molecular weight is 252 g/mol. The number of sulfonamides is 1. The number of nitrogens with two attached hydrogens (primary N) is 1. The molecule has 1 atom stereocenters. The Bertz CT molecular complexity index is 564. The standard InChI is InChI=1S/C10H12N4O2S/c11-6-9-10(2-1-4-13-9)17(15,16)14-5-3-8(12)7-14/h1-2,4,8H,3,5,7,12H2. The minimum atomic E-state index is -3.65. The Kier molecular flexibility index (Phi) is 3.11. The molecule has 2 rings (SSSR count). The minimum Gasteiger partial charge on any atom is -0.326 e. The van der Waals surface area contributed by atoms with E-state index in [1.165, 1.54) is 22.6 Å². The molecule has 0 aromatic carbocycles. The Morgan fingerprint density at radius 1 is 1.59 bits per heavy atom. The van der Waals surface area contributed by atoms with Gasteiger partial charge in [-0.3, -0.25) is 0 Å². The molecule has 1 fully saturated rings. The Morgan fingerprint density at radius 3 is 2.94 bits per heavy atom. The summed E-state index contributed by atoms with van der Waals surface area (Å²) in [5.41, 5.74) is 5.61. The van der Waals surface area contributed by atoms with E-state index in [1.54, 1.807) is 6.07 Å². The van der Waals surface area contributed by atoms with Crippen LogP contribution in [0.5, 0.6) is 0 Å². The van der Waals surface area contributed by atoms with Crippen molar-refractivity contribution in [3.63, 3.8) is 0 Å². The highest BCUT2D eigenvalue weighted by Crippen LogP contribution is 2.21. The molecule has 1 aliphatic heterocycles. The highest BCUT2D eigenvalue weighted by Gasteiger charge is 2.32. The van der Waals surface area contributed by atoms with E-state index in [1.807, 2.05) is 0 Å². The molecule has 0 radical (unpaired) electrons. The van der Waals surface area contributed by atoms with Crippen molar-refractivity contribution in [2.24, 2.45) is 5.73 Å². The van der Waals surface area contributed by atoms with Crippen LogP contribution in [-0.4, -0.2) is 36.8 Å². The van der Waals surface area contributed by atoms with E-state index < -0.39 is 10.0 Å². The van der Waals surface area contributed by atoms with E-state index in [0.29, 0.717) is 19.5 Å². The van der Waals surface area contributed by atoms with Gasteiger partial charge in [0.15, 0.2) is 5.69 Å². The highest BCUT2D eigenvalue weighted by molar-refractivity contribution is 7.89. The van der Waals surface area contributed by atoms with Crippen LogP contribution in [0.4, 0.5) is 0 Å². The summed E-state index contributed by atoms with van der Waals surface area (Å²) >= 11 is 0. The minimum absolute atomic E-state index is 0.0448. The normalized spacial score (nSPS) is 21.3. The van der Waals surface area contributed by atoms with E-state index in [0.717, 1.165) is 0 Å². The molecule has 17 heavy (non-hydrogen) atoms. The molecule has 6 nitrogen and oxygen atoms in total. The summed E-state index contributed by atoms with van der Waals surface area (Å²) in [5, 5.41) is 8.86. The molecule has 0 spiro atoms. The topological polar surface area (TPSA) is 100 Å². The number of nitrogens with zero attached hydrogens (tertiary/aromatic N) is 3. The second-order valence-electron chi connectivity index (χ2n) is 3.87. The van der Waals surface area contributed by atoms with E-state index in [9.17, 15) is 8.42 Å². The van der Waals surface area contributed by atoms with Crippen molar-refractivity contribution < 1.29 is 8.42 Å². The molecule has 1 unspecified atom stereocenters. The molecule has 90 valence electrons. The first-order valence-corrected chi connectivity index (χ1v) is 6.60. The first-order valence-electron chi connectivity index (χ1n) is 5.16. The molecular formula is C10H12N4O2S. The molecule has 0 aliphatic carbocycles. The molecule has 1 aromatic heterocycles. The van der Waals surface area contributed by atoms with Crippen LogP contribution in [-0.2, 0) is 10.0 Å². The summed E-state index contributed by atoms with van der Waals surface area (Å²) in [7, 11) is -3.65. The van der Waals surface area contributed by atoms with E-state index in [4.69, 9.17) is 11.0 Å². The lowest BCUT2D eigenvalue weighted by atomic mass is 10.3. The fraction of sp³-hybridized carbons (Fsp3) is 0.400. The van der Waals surface area contributed by atoms with Gasteiger partial charge < -0.3 is 5.73 Å². The molecule has 0 amide bonds. The zero-order valence-electron chi connectivity index (χ0n) is 9.07. The number of aromatic nitrogens is 1. The van der Waals surface area contributed by atoms with Crippen LogP contribution in [0, 0.1) is 11.3 Å². The lowest BCUT2D eigenvalue weighted by molar-refractivity contribution is 0.472. The number of pyridine rings is 1. The molecule has 1 saturated heterocycles. The monoisotopic (exact) mass is 252 g/mol. The first-order chi connectivity index (χ1) is 8.05. The molecule has 1 aliphatic rings. The second-order valence-corrected chi connectivity index (χ2v) is 5.78. The third kappa shape index (κ3) is 2.15. The second kappa shape index (κ2) is 4.41. The fourth-order valence-corrected chi connectivity index (χ4v) is 3.40. The van der Waals surface area contributed by atoms with Crippen molar-refractivity contribution >= 4 is 10.0 Å². The van der Waals surface area contributed by atoms with Gasteiger partial charge in [0.2, 0.25) is 10.0 Å².